The molecule has 0 aliphatic carbocycles. The molecule has 0 aliphatic rings. The van der Waals surface area contributed by atoms with E-state index in [2.05, 4.69) is 0 Å². The average molecular weight is 218 g/mol. The Morgan fingerprint density at radius 3 is 2.60 bits per heavy atom. The Bertz CT molecular complexity index is 307. The number of rotatable bonds is 4. The molecule has 0 heterocycles. The van der Waals surface area contributed by atoms with E-state index in [4.69, 9.17) is 4.74 Å². The van der Waals surface area contributed by atoms with Gasteiger partial charge >= 0.3 is 6.18 Å². The van der Waals surface area contributed by atoms with Crippen molar-refractivity contribution in [1.29, 1.82) is 0 Å². The van der Waals surface area contributed by atoms with Crippen LogP contribution in [0.3, 0.4) is 0 Å². The van der Waals surface area contributed by atoms with Gasteiger partial charge < -0.3 is 4.74 Å². The van der Waals surface area contributed by atoms with E-state index >= 15 is 0 Å². The van der Waals surface area contributed by atoms with Crippen molar-refractivity contribution in [2.45, 2.75) is 25.9 Å². The number of ether oxygens (including phenoxy) is 1. The van der Waals surface area contributed by atoms with Crippen LogP contribution < -0.4 is 4.74 Å². The van der Waals surface area contributed by atoms with Crippen molar-refractivity contribution in [2.75, 3.05) is 6.61 Å². The fourth-order valence-electron chi connectivity index (χ4n) is 1.17. The van der Waals surface area contributed by atoms with Gasteiger partial charge in [0, 0.05) is 6.42 Å². The first kappa shape index (κ1) is 11.9. The quantitative estimate of drug-likeness (QED) is 0.700. The Morgan fingerprint density at radius 2 is 2.00 bits per heavy atom. The lowest BCUT2D eigenvalue weighted by Gasteiger charge is -2.08. The van der Waals surface area contributed by atoms with E-state index in [1.165, 1.54) is 0 Å². The molecule has 1 aromatic carbocycles. The molecule has 4 heteroatoms. The van der Waals surface area contributed by atoms with Crippen LogP contribution in [0.1, 0.15) is 18.4 Å². The maximum atomic E-state index is 11.8. The number of halogens is 3. The topological polar surface area (TPSA) is 9.23 Å². The number of hydrogen-bond acceptors (Lipinski definition) is 1. The van der Waals surface area contributed by atoms with Crippen LogP contribution in [0.4, 0.5) is 13.2 Å². The monoisotopic (exact) mass is 218 g/mol. The summed E-state index contributed by atoms with van der Waals surface area (Å²) in [5, 5.41) is 0. The third kappa shape index (κ3) is 5.30. The van der Waals surface area contributed by atoms with Gasteiger partial charge in [0.2, 0.25) is 0 Å². The van der Waals surface area contributed by atoms with Crippen molar-refractivity contribution in [2.24, 2.45) is 0 Å². The van der Waals surface area contributed by atoms with Crippen LogP contribution in [0.5, 0.6) is 5.75 Å². The van der Waals surface area contributed by atoms with Gasteiger partial charge in [-0.05, 0) is 31.0 Å². The second-order valence-electron chi connectivity index (χ2n) is 3.38. The van der Waals surface area contributed by atoms with Crippen LogP contribution in [-0.4, -0.2) is 12.8 Å². The van der Waals surface area contributed by atoms with Crippen molar-refractivity contribution >= 4 is 0 Å². The highest BCUT2D eigenvalue weighted by atomic mass is 19.4. The van der Waals surface area contributed by atoms with E-state index in [9.17, 15) is 13.2 Å². The second-order valence-corrected chi connectivity index (χ2v) is 3.38. The Kier molecular flexibility index (Phi) is 4.00. The summed E-state index contributed by atoms with van der Waals surface area (Å²) in [4.78, 5) is 0. The highest BCUT2D eigenvalue weighted by molar-refractivity contribution is 5.27. The number of alkyl halides is 3. The molecule has 0 bridgehead atoms. The molecular weight excluding hydrogens is 205 g/mol. The lowest BCUT2D eigenvalue weighted by atomic mass is 10.2. The molecule has 0 saturated heterocycles. The maximum Gasteiger partial charge on any atom is 0.389 e. The van der Waals surface area contributed by atoms with Gasteiger partial charge in [-0.3, -0.25) is 0 Å². The fourth-order valence-corrected chi connectivity index (χ4v) is 1.17. The zero-order chi connectivity index (χ0) is 11.3. The molecule has 0 fully saturated rings. The van der Waals surface area contributed by atoms with Crippen LogP contribution >= 0.6 is 0 Å². The summed E-state index contributed by atoms with van der Waals surface area (Å²) in [6.45, 7) is 2.01. The Hall–Kier alpha value is -1.19. The number of aryl methyl sites for hydroxylation is 1. The maximum absolute atomic E-state index is 11.8. The summed E-state index contributed by atoms with van der Waals surface area (Å²) in [6.07, 6.45) is -4.88. The van der Waals surface area contributed by atoms with Gasteiger partial charge in [-0.1, -0.05) is 12.1 Å². The molecule has 1 rings (SSSR count). The smallest absolute Gasteiger partial charge is 0.389 e. The molecule has 0 N–H and O–H groups in total. The summed E-state index contributed by atoms with van der Waals surface area (Å²) >= 11 is 0. The Morgan fingerprint density at radius 1 is 1.27 bits per heavy atom. The standard InChI is InChI=1S/C11H13F3O/c1-9-4-2-5-10(8-9)15-7-3-6-11(12,13)14/h2,4-5,8H,3,6-7H2,1H3. The molecule has 0 aliphatic heterocycles. The van der Waals surface area contributed by atoms with E-state index in [0.717, 1.165) is 5.56 Å². The lowest BCUT2D eigenvalue weighted by Crippen LogP contribution is -2.09. The van der Waals surface area contributed by atoms with Gasteiger partial charge in [-0.25, -0.2) is 0 Å². The third-order valence-corrected chi connectivity index (χ3v) is 1.86. The molecule has 15 heavy (non-hydrogen) atoms. The van der Waals surface area contributed by atoms with Crippen LogP contribution in [-0.2, 0) is 0 Å². The average Bonchev–Trinajstić information content (AvgIpc) is 2.11. The second kappa shape index (κ2) is 5.05. The van der Waals surface area contributed by atoms with Gasteiger partial charge in [0.15, 0.2) is 0 Å². The third-order valence-electron chi connectivity index (χ3n) is 1.86. The molecule has 0 radical (unpaired) electrons. The summed E-state index contributed by atoms with van der Waals surface area (Å²) < 4.78 is 40.6. The van der Waals surface area contributed by atoms with Gasteiger partial charge in [-0.15, -0.1) is 0 Å². The highest BCUT2D eigenvalue weighted by Crippen LogP contribution is 2.21. The molecule has 0 unspecified atom stereocenters. The molecule has 0 saturated carbocycles. The molecule has 1 aromatic rings. The first-order valence-corrected chi connectivity index (χ1v) is 4.73. The highest BCUT2D eigenvalue weighted by Gasteiger charge is 2.25. The van der Waals surface area contributed by atoms with Crippen molar-refractivity contribution < 1.29 is 17.9 Å². The largest absolute Gasteiger partial charge is 0.494 e. The predicted molar refractivity (Wildman–Crippen MR) is 52.0 cm³/mol. The van der Waals surface area contributed by atoms with Gasteiger partial charge in [0.25, 0.3) is 0 Å². The first-order valence-electron chi connectivity index (χ1n) is 4.73. The van der Waals surface area contributed by atoms with Gasteiger partial charge in [0.05, 0.1) is 6.61 Å². The Balaban J connectivity index is 2.26. The molecule has 84 valence electrons. The fraction of sp³-hybridized carbons (Fsp3) is 0.455. The summed E-state index contributed by atoms with van der Waals surface area (Å²) in [6, 6.07) is 7.26. The van der Waals surface area contributed by atoms with E-state index in [1.54, 1.807) is 12.1 Å². The first-order chi connectivity index (χ1) is 6.97. The van der Waals surface area contributed by atoms with Crippen molar-refractivity contribution in [3.8, 4) is 5.75 Å². The zero-order valence-electron chi connectivity index (χ0n) is 8.47. The van der Waals surface area contributed by atoms with Gasteiger partial charge in [-0.2, -0.15) is 13.2 Å². The molecule has 0 spiro atoms. The van der Waals surface area contributed by atoms with E-state index < -0.39 is 12.6 Å². The molecular formula is C11H13F3O. The molecule has 0 amide bonds. The SMILES string of the molecule is Cc1cccc(OCCCC(F)(F)F)c1. The molecule has 1 nitrogen and oxygen atoms in total. The normalized spacial score (nSPS) is 11.5. The zero-order valence-corrected chi connectivity index (χ0v) is 8.47. The van der Waals surface area contributed by atoms with E-state index in [0.29, 0.717) is 5.75 Å². The molecule has 0 atom stereocenters. The van der Waals surface area contributed by atoms with Crippen molar-refractivity contribution in [3.05, 3.63) is 29.8 Å². The number of benzene rings is 1. The van der Waals surface area contributed by atoms with E-state index in [-0.39, 0.29) is 13.0 Å². The van der Waals surface area contributed by atoms with Crippen molar-refractivity contribution in [1.82, 2.24) is 0 Å². The number of hydrogen-bond donors (Lipinski definition) is 0. The van der Waals surface area contributed by atoms with Gasteiger partial charge in [0.1, 0.15) is 5.75 Å². The minimum absolute atomic E-state index is 0.00254. The predicted octanol–water partition coefficient (Wildman–Crippen LogP) is 3.72. The summed E-state index contributed by atoms with van der Waals surface area (Å²) in [5.74, 6) is 0.622. The van der Waals surface area contributed by atoms with Crippen molar-refractivity contribution in [3.63, 3.8) is 0 Å². The van der Waals surface area contributed by atoms with Crippen LogP contribution in [0, 0.1) is 6.92 Å². The minimum Gasteiger partial charge on any atom is -0.494 e. The summed E-state index contributed by atoms with van der Waals surface area (Å²) in [5.41, 5.74) is 1.03. The van der Waals surface area contributed by atoms with E-state index in [1.807, 2.05) is 19.1 Å². The summed E-state index contributed by atoms with van der Waals surface area (Å²) in [7, 11) is 0. The van der Waals surface area contributed by atoms with Crippen LogP contribution in [0.15, 0.2) is 24.3 Å². The van der Waals surface area contributed by atoms with Crippen LogP contribution in [0.25, 0.3) is 0 Å². The Labute approximate surface area is 86.9 Å². The van der Waals surface area contributed by atoms with Crippen LogP contribution in [0.2, 0.25) is 0 Å². The molecule has 0 aromatic heterocycles. The lowest BCUT2D eigenvalue weighted by molar-refractivity contribution is -0.136. The minimum atomic E-state index is -4.09.